The third kappa shape index (κ3) is 13.7. The van der Waals surface area contributed by atoms with Crippen LogP contribution < -0.4 is 34.6 Å². The van der Waals surface area contributed by atoms with Crippen LogP contribution in [0.15, 0.2) is 121 Å². The van der Waals surface area contributed by atoms with E-state index >= 15 is 0 Å². The van der Waals surface area contributed by atoms with E-state index in [0.717, 1.165) is 12.1 Å². The molecule has 0 aliphatic carbocycles. The zero-order chi connectivity index (χ0) is 64.8. The zero-order valence-electron chi connectivity index (χ0n) is 49.5. The largest absolute Gasteiger partial charge is 0.497 e. The number of fused-ring (bicyclic) bond motifs is 6. The Morgan fingerprint density at radius 2 is 1.16 bits per heavy atom. The number of carboxylic acid groups (broad SMARTS) is 1. The average Bonchev–Trinajstić information content (AvgIpc) is 1.69. The van der Waals surface area contributed by atoms with Gasteiger partial charge in [-0.25, -0.2) is 4.79 Å². The minimum absolute atomic E-state index is 0.0101. The van der Waals surface area contributed by atoms with Crippen LogP contribution in [0.5, 0.6) is 23.0 Å². The molecule has 0 radical (unpaired) electrons. The summed E-state index contributed by atoms with van der Waals surface area (Å²) in [4.78, 5) is 92.7. The van der Waals surface area contributed by atoms with Gasteiger partial charge in [0.2, 0.25) is 5.91 Å². The van der Waals surface area contributed by atoms with E-state index < -0.39 is 103 Å². The van der Waals surface area contributed by atoms with E-state index in [1.54, 1.807) is 48.5 Å². The lowest BCUT2D eigenvalue weighted by Crippen LogP contribution is -2.51. The zero-order valence-corrected chi connectivity index (χ0v) is 49.5. The minimum atomic E-state index is -5.29. The normalized spacial score (nSPS) is 13.7. The molecule has 6 aromatic rings. The van der Waals surface area contributed by atoms with Gasteiger partial charge in [0, 0.05) is 60.4 Å². The quantitative estimate of drug-likeness (QED) is 0.0169. The number of halogens is 6. The molecule has 2 atom stereocenters. The molecule has 0 saturated heterocycles. The van der Waals surface area contributed by atoms with Crippen molar-refractivity contribution >= 4 is 52.9 Å². The molecule has 0 fully saturated rings. The van der Waals surface area contributed by atoms with Crippen LogP contribution in [0.25, 0.3) is 0 Å². The number of hydrogen-bond donors (Lipinski definition) is 3. The lowest BCUT2D eigenvalue weighted by atomic mass is 9.76. The summed E-state index contributed by atoms with van der Waals surface area (Å²) in [5.74, 6) is -7.86. The fourth-order valence-electron chi connectivity index (χ4n) is 11.0. The molecule has 2 unspecified atom stereocenters. The van der Waals surface area contributed by atoms with Gasteiger partial charge in [-0.1, -0.05) is 67.1 Å². The Kier molecular flexibility index (Phi) is 19.8. The highest BCUT2D eigenvalue weighted by molar-refractivity contribution is 6.03. The number of hydrogen-bond acceptors (Lipinski definition) is 13. The molecule has 1 spiro atoms. The van der Waals surface area contributed by atoms with Gasteiger partial charge >= 0.3 is 42.1 Å². The highest BCUT2D eigenvalue weighted by atomic mass is 19.4. The van der Waals surface area contributed by atoms with Crippen LogP contribution in [-0.2, 0) is 49.4 Å². The number of alkyl halides is 6. The number of anilines is 2. The number of unbranched alkanes of at least 4 members (excludes halogenated alkanes) is 2. The van der Waals surface area contributed by atoms with Crippen LogP contribution in [-0.4, -0.2) is 105 Å². The molecule has 18 nitrogen and oxygen atoms in total. The highest BCUT2D eigenvalue weighted by Gasteiger charge is 2.55. The summed E-state index contributed by atoms with van der Waals surface area (Å²) in [6.45, 7) is 6.22. The summed E-state index contributed by atoms with van der Waals surface area (Å²) in [7, 11) is 3.05. The predicted octanol–water partition coefficient (Wildman–Crippen LogP) is 11.3. The van der Waals surface area contributed by atoms with Crippen LogP contribution in [0, 0.1) is 13.8 Å². The predicted molar refractivity (Wildman–Crippen MR) is 311 cm³/mol. The first kappa shape index (κ1) is 65.5. The molecule has 2 aliphatic rings. The van der Waals surface area contributed by atoms with Crippen LogP contribution in [0.3, 0.4) is 0 Å². The second kappa shape index (κ2) is 26.9. The highest BCUT2D eigenvalue weighted by Crippen LogP contribution is 2.58. The Morgan fingerprint density at radius 1 is 0.640 bits per heavy atom. The van der Waals surface area contributed by atoms with Crippen molar-refractivity contribution in [2.45, 2.75) is 109 Å². The Morgan fingerprint density at radius 3 is 1.64 bits per heavy atom. The van der Waals surface area contributed by atoms with E-state index in [1.807, 2.05) is 30.3 Å². The van der Waals surface area contributed by atoms with Gasteiger partial charge in [0.25, 0.3) is 5.91 Å². The van der Waals surface area contributed by atoms with E-state index in [4.69, 9.17) is 28.4 Å². The first-order chi connectivity index (χ1) is 42.2. The molecule has 2 heterocycles. The van der Waals surface area contributed by atoms with Crippen molar-refractivity contribution in [1.82, 2.24) is 10.6 Å². The third-order valence-electron chi connectivity index (χ3n) is 15.3. The lowest BCUT2D eigenvalue weighted by molar-refractivity contribution is -0.170. The first-order valence-electron chi connectivity index (χ1n) is 28.4. The number of rotatable bonds is 24. The Balaban J connectivity index is 1.02. The fourth-order valence-corrected chi connectivity index (χ4v) is 11.0. The number of aryl methyl sites for hydroxylation is 2. The molecule has 24 heteroatoms. The number of carboxylic acids is 1. The molecular weight excluding hydrogens is 1170 g/mol. The summed E-state index contributed by atoms with van der Waals surface area (Å²) in [6, 6.07) is 32.5. The number of aliphatic carboxylic acids is 1. The molecule has 89 heavy (non-hydrogen) atoms. The Bertz CT molecular complexity index is 3520. The van der Waals surface area contributed by atoms with Gasteiger partial charge in [-0.2, -0.15) is 26.3 Å². The lowest BCUT2D eigenvalue weighted by Gasteiger charge is -2.40. The molecule has 470 valence electrons. The van der Waals surface area contributed by atoms with Gasteiger partial charge in [-0.05, 0) is 124 Å². The number of carbonyl (C=O) groups is 7. The molecule has 3 N–H and O–H groups in total. The summed E-state index contributed by atoms with van der Waals surface area (Å²) in [5, 5.41) is 15.0. The van der Waals surface area contributed by atoms with Gasteiger partial charge in [-0.3, -0.25) is 28.8 Å². The first-order valence-corrected chi connectivity index (χ1v) is 28.4. The molecule has 0 saturated carbocycles. The number of nitrogens with one attached hydrogen (secondary N) is 2. The van der Waals surface area contributed by atoms with E-state index in [2.05, 4.69) is 10.6 Å². The molecule has 0 bridgehead atoms. The van der Waals surface area contributed by atoms with E-state index in [1.165, 1.54) is 79.2 Å². The molecule has 4 amide bonds. The van der Waals surface area contributed by atoms with Crippen molar-refractivity contribution in [3.8, 4) is 23.0 Å². The minimum Gasteiger partial charge on any atom is -0.497 e. The van der Waals surface area contributed by atoms with Crippen LogP contribution in [0.4, 0.5) is 37.7 Å². The van der Waals surface area contributed by atoms with Crippen LogP contribution in [0.2, 0.25) is 0 Å². The van der Waals surface area contributed by atoms with Crippen molar-refractivity contribution in [1.29, 1.82) is 0 Å². The number of nitrogens with zero attached hydrogens (tertiary/aromatic N) is 2. The number of methoxy groups -OCH3 is 2. The molecule has 0 aromatic heterocycles. The third-order valence-corrected chi connectivity index (χ3v) is 15.3. The standard InChI is InChI=1S/C65H64F6N4O14/c1-8-74(60(82)64(66,67)68)50-35-52-48(32-37(50)3)63(49-33-38(4)51(36-53(49)87-52)75(9-2)61(83)65(69,70)71)47-28-19-40(34-46(47)59(81)89-63)57(80)72-31-15-11-14-18-54(76)73-58(39(5)86-56(79)30-29-55(77)78)88-62(41-16-12-10-13-17-41,42-20-24-44(84-6)25-21-42)43-22-26-45(85-7)27-23-43/h10,12-13,16-17,19-28,32-36,39,58H,8-9,11,14-15,18,29-31H2,1-7H3,(H,72,80)(H,73,76)(H,77,78). The Labute approximate surface area is 508 Å². The van der Waals surface area contributed by atoms with Crippen molar-refractivity contribution in [2.75, 3.05) is 43.7 Å². The second-order valence-electron chi connectivity index (χ2n) is 21.1. The van der Waals surface area contributed by atoms with Gasteiger partial charge in [0.05, 0.1) is 44.0 Å². The van der Waals surface area contributed by atoms with Crippen molar-refractivity contribution < 1.29 is 93.4 Å². The number of benzene rings is 6. The van der Waals surface area contributed by atoms with E-state index in [-0.39, 0.29) is 74.8 Å². The Hall–Kier alpha value is -9.45. The van der Waals surface area contributed by atoms with Crippen molar-refractivity contribution in [3.63, 3.8) is 0 Å². The van der Waals surface area contributed by atoms with Crippen molar-refractivity contribution in [3.05, 3.63) is 177 Å². The monoisotopic (exact) mass is 1240 g/mol. The smallest absolute Gasteiger partial charge is 0.471 e. The topological polar surface area (TPSA) is 226 Å². The number of carbonyl (C=O) groups excluding carboxylic acids is 6. The number of amides is 4. The summed E-state index contributed by atoms with van der Waals surface area (Å²) in [5.41, 5.74) is -1.73. The van der Waals surface area contributed by atoms with E-state index in [9.17, 15) is 65.0 Å². The summed E-state index contributed by atoms with van der Waals surface area (Å²) >= 11 is 0. The van der Waals surface area contributed by atoms with Crippen molar-refractivity contribution in [2.24, 2.45) is 0 Å². The molecule has 2 aliphatic heterocycles. The van der Waals surface area contributed by atoms with Crippen LogP contribution in [0.1, 0.15) is 125 Å². The fraction of sp³-hybridized carbons (Fsp3) is 0.338. The second-order valence-corrected chi connectivity index (χ2v) is 21.1. The SMILES string of the molecule is CCN(C(=O)C(F)(F)F)c1cc2c(cc1C)C1(OC(=O)c3cc(C(=O)NCCCCCC(=O)NC(OC(c4ccccc4)(c4ccc(OC)cc4)c4ccc(OC)cc4)C(C)OC(=O)CCC(=O)O)ccc31)c1cc(C)c(N(CC)C(=O)C(F)(F)F)cc1O2. The maximum absolute atomic E-state index is 14.2. The van der Waals surface area contributed by atoms with Crippen LogP contribution >= 0.6 is 0 Å². The summed E-state index contributed by atoms with van der Waals surface area (Å²) < 4.78 is 120. The molecular formula is C65H64F6N4O14. The van der Waals surface area contributed by atoms with Gasteiger partial charge in [0.1, 0.15) is 34.7 Å². The summed E-state index contributed by atoms with van der Waals surface area (Å²) in [6.07, 6.45) is -13.0. The number of ether oxygens (including phenoxy) is 6. The average molecular weight is 1240 g/mol. The van der Waals surface area contributed by atoms with Gasteiger partial charge < -0.3 is 54.0 Å². The maximum Gasteiger partial charge on any atom is 0.471 e. The van der Waals surface area contributed by atoms with Gasteiger partial charge in [0.15, 0.2) is 11.8 Å². The molecule has 8 rings (SSSR count). The van der Waals surface area contributed by atoms with Gasteiger partial charge in [-0.15, -0.1) is 0 Å². The molecule has 6 aromatic carbocycles. The number of esters is 2. The van der Waals surface area contributed by atoms with E-state index in [0.29, 0.717) is 57.3 Å². The maximum atomic E-state index is 14.2.